The van der Waals surface area contributed by atoms with Crippen LogP contribution in [0.25, 0.3) is 0 Å². The molecule has 0 radical (unpaired) electrons. The van der Waals surface area contributed by atoms with E-state index in [2.05, 4.69) is 5.32 Å². The first-order valence-electron chi connectivity index (χ1n) is 6.45. The van der Waals surface area contributed by atoms with E-state index >= 15 is 0 Å². The fraction of sp³-hybridized carbons (Fsp3) is 0.429. The van der Waals surface area contributed by atoms with Gasteiger partial charge in [-0.1, -0.05) is 20.3 Å². The van der Waals surface area contributed by atoms with E-state index < -0.39 is 29.6 Å². The monoisotopic (exact) mass is 317 g/mol. The summed E-state index contributed by atoms with van der Waals surface area (Å²) in [6, 6.07) is 2.11. The number of amides is 1. The summed E-state index contributed by atoms with van der Waals surface area (Å²) in [6.07, 6.45) is 0.608. The molecule has 0 aliphatic rings. The molecule has 0 spiro atoms. The maximum atomic E-state index is 13.4. The Kier molecular flexibility index (Phi) is 6.61. The van der Waals surface area contributed by atoms with Crippen LogP contribution in [0, 0.1) is 17.6 Å². The van der Waals surface area contributed by atoms with Crippen LogP contribution in [0.1, 0.15) is 20.3 Å². The van der Waals surface area contributed by atoms with E-state index in [1.807, 2.05) is 6.92 Å². The maximum absolute atomic E-state index is 13.4. The predicted molar refractivity (Wildman–Crippen MR) is 76.1 cm³/mol. The first-order valence-corrected chi connectivity index (χ1v) is 7.43. The Morgan fingerprint density at radius 2 is 2.05 bits per heavy atom. The number of rotatable bonds is 7. The Morgan fingerprint density at radius 1 is 1.38 bits per heavy atom. The summed E-state index contributed by atoms with van der Waals surface area (Å²) in [5.74, 6) is -3.39. The van der Waals surface area contributed by atoms with Crippen molar-refractivity contribution in [1.29, 1.82) is 0 Å². The number of nitrogens with one attached hydrogen (secondary N) is 1. The van der Waals surface area contributed by atoms with Crippen LogP contribution in [0.4, 0.5) is 8.78 Å². The lowest BCUT2D eigenvalue weighted by molar-refractivity contribution is -0.143. The first kappa shape index (κ1) is 17.4. The lowest BCUT2D eigenvalue weighted by Crippen LogP contribution is -2.45. The molecule has 1 rings (SSSR count). The molecule has 0 aliphatic carbocycles. The number of benzene rings is 1. The lowest BCUT2D eigenvalue weighted by Gasteiger charge is -2.20. The van der Waals surface area contributed by atoms with Gasteiger partial charge in [-0.2, -0.15) is 0 Å². The molecule has 0 aliphatic heterocycles. The highest BCUT2D eigenvalue weighted by atomic mass is 32.2. The second-order valence-electron chi connectivity index (χ2n) is 4.63. The number of hydrogen-bond acceptors (Lipinski definition) is 3. The van der Waals surface area contributed by atoms with Gasteiger partial charge in [0.2, 0.25) is 5.91 Å². The number of carbonyl (C=O) groups is 2. The first-order chi connectivity index (χ1) is 9.85. The number of thioether (sulfide) groups is 1. The molecule has 1 aromatic rings. The van der Waals surface area contributed by atoms with Crippen LogP contribution in [0.5, 0.6) is 0 Å². The number of hydrogen-bond donors (Lipinski definition) is 2. The Labute approximate surface area is 125 Å². The zero-order valence-electron chi connectivity index (χ0n) is 11.7. The van der Waals surface area contributed by atoms with Crippen LogP contribution in [0.15, 0.2) is 23.1 Å². The van der Waals surface area contributed by atoms with Gasteiger partial charge in [-0.25, -0.2) is 13.6 Å². The van der Waals surface area contributed by atoms with E-state index in [-0.39, 0.29) is 16.6 Å². The van der Waals surface area contributed by atoms with Crippen LogP contribution in [0.3, 0.4) is 0 Å². The van der Waals surface area contributed by atoms with E-state index in [0.717, 1.165) is 23.9 Å². The minimum Gasteiger partial charge on any atom is -0.480 e. The van der Waals surface area contributed by atoms with Crippen LogP contribution in [-0.4, -0.2) is 28.8 Å². The SMILES string of the molecule is CCC(C)[C@H](NC(=O)CSc1ccc(F)cc1F)C(=O)O. The van der Waals surface area contributed by atoms with Crippen molar-refractivity contribution in [3.05, 3.63) is 29.8 Å². The number of carbonyl (C=O) groups excluding carboxylic acids is 1. The van der Waals surface area contributed by atoms with Crippen LogP contribution in [0.2, 0.25) is 0 Å². The molecular weight excluding hydrogens is 300 g/mol. The molecule has 0 aromatic heterocycles. The van der Waals surface area contributed by atoms with Crippen molar-refractivity contribution < 1.29 is 23.5 Å². The zero-order valence-corrected chi connectivity index (χ0v) is 12.5. The van der Waals surface area contributed by atoms with Gasteiger partial charge in [0, 0.05) is 11.0 Å². The number of carboxylic acids is 1. The van der Waals surface area contributed by atoms with Gasteiger partial charge in [0.1, 0.15) is 17.7 Å². The molecule has 1 unspecified atom stereocenters. The standard InChI is InChI=1S/C14H17F2NO3S/c1-3-8(2)13(14(19)20)17-12(18)7-21-11-5-4-9(15)6-10(11)16/h4-6,8,13H,3,7H2,1-2H3,(H,17,18)(H,19,20)/t8?,13-/m0/s1. The lowest BCUT2D eigenvalue weighted by atomic mass is 9.99. The highest BCUT2D eigenvalue weighted by molar-refractivity contribution is 8.00. The highest BCUT2D eigenvalue weighted by Gasteiger charge is 2.25. The number of carboxylic acid groups (broad SMARTS) is 1. The Balaban J connectivity index is 2.58. The smallest absolute Gasteiger partial charge is 0.326 e. The molecule has 2 atom stereocenters. The summed E-state index contributed by atoms with van der Waals surface area (Å²) >= 11 is 0.890. The van der Waals surface area contributed by atoms with Gasteiger partial charge in [-0.15, -0.1) is 11.8 Å². The minimum absolute atomic E-state index is 0.136. The average molecular weight is 317 g/mol. The Hall–Kier alpha value is -1.63. The second-order valence-corrected chi connectivity index (χ2v) is 5.65. The third kappa shape index (κ3) is 5.34. The number of aliphatic carboxylic acids is 1. The third-order valence-corrected chi connectivity index (χ3v) is 4.10. The molecule has 1 amide bonds. The van der Waals surface area contributed by atoms with Crippen LogP contribution < -0.4 is 5.32 Å². The van der Waals surface area contributed by atoms with Gasteiger partial charge in [-0.3, -0.25) is 4.79 Å². The molecule has 0 bridgehead atoms. The van der Waals surface area contributed by atoms with Gasteiger partial charge >= 0.3 is 5.97 Å². The van der Waals surface area contributed by atoms with Gasteiger partial charge in [0.15, 0.2) is 0 Å². The second kappa shape index (κ2) is 7.97. The summed E-state index contributed by atoms with van der Waals surface area (Å²) in [4.78, 5) is 23.0. The summed E-state index contributed by atoms with van der Waals surface area (Å²) in [7, 11) is 0. The Morgan fingerprint density at radius 3 is 2.57 bits per heavy atom. The van der Waals surface area contributed by atoms with E-state index in [9.17, 15) is 18.4 Å². The summed E-state index contributed by atoms with van der Waals surface area (Å²) < 4.78 is 26.1. The van der Waals surface area contributed by atoms with E-state index in [1.165, 1.54) is 6.07 Å². The molecule has 21 heavy (non-hydrogen) atoms. The van der Waals surface area contributed by atoms with Gasteiger partial charge in [0.05, 0.1) is 5.75 Å². The quantitative estimate of drug-likeness (QED) is 0.759. The molecule has 1 aromatic carbocycles. The molecule has 4 nitrogen and oxygen atoms in total. The van der Waals surface area contributed by atoms with Crippen molar-refractivity contribution in [2.24, 2.45) is 5.92 Å². The van der Waals surface area contributed by atoms with Crippen molar-refractivity contribution in [1.82, 2.24) is 5.32 Å². The minimum atomic E-state index is -1.10. The molecular formula is C14H17F2NO3S. The molecule has 116 valence electrons. The normalized spacial score (nSPS) is 13.5. The van der Waals surface area contributed by atoms with Gasteiger partial charge < -0.3 is 10.4 Å². The fourth-order valence-corrected chi connectivity index (χ4v) is 2.36. The molecule has 0 heterocycles. The zero-order chi connectivity index (χ0) is 16.0. The van der Waals surface area contributed by atoms with E-state index in [4.69, 9.17) is 5.11 Å². The van der Waals surface area contributed by atoms with Crippen molar-refractivity contribution in [3.8, 4) is 0 Å². The molecule has 0 saturated carbocycles. The van der Waals surface area contributed by atoms with Crippen molar-refractivity contribution >= 4 is 23.6 Å². The fourth-order valence-electron chi connectivity index (χ4n) is 1.63. The van der Waals surface area contributed by atoms with Crippen LogP contribution in [-0.2, 0) is 9.59 Å². The Bertz CT molecular complexity index is 525. The van der Waals surface area contributed by atoms with Gasteiger partial charge in [-0.05, 0) is 18.1 Å². The molecule has 0 saturated heterocycles. The van der Waals surface area contributed by atoms with Crippen molar-refractivity contribution in [2.45, 2.75) is 31.2 Å². The highest BCUT2D eigenvalue weighted by Crippen LogP contribution is 2.22. The summed E-state index contributed by atoms with van der Waals surface area (Å²) in [5, 5.41) is 11.5. The van der Waals surface area contributed by atoms with Gasteiger partial charge in [0.25, 0.3) is 0 Å². The molecule has 7 heteroatoms. The van der Waals surface area contributed by atoms with Crippen molar-refractivity contribution in [2.75, 3.05) is 5.75 Å². The summed E-state index contributed by atoms with van der Waals surface area (Å²) in [6.45, 7) is 3.56. The van der Waals surface area contributed by atoms with Crippen molar-refractivity contribution in [3.63, 3.8) is 0 Å². The topological polar surface area (TPSA) is 66.4 Å². The maximum Gasteiger partial charge on any atom is 0.326 e. The summed E-state index contributed by atoms with van der Waals surface area (Å²) in [5.41, 5.74) is 0. The molecule has 0 fully saturated rings. The molecule has 2 N–H and O–H groups in total. The predicted octanol–water partition coefficient (Wildman–Crippen LogP) is 2.67. The van der Waals surface area contributed by atoms with Crippen LogP contribution >= 0.6 is 11.8 Å². The van der Waals surface area contributed by atoms with E-state index in [1.54, 1.807) is 6.92 Å². The third-order valence-electron chi connectivity index (χ3n) is 3.05. The number of halogens is 2. The van der Waals surface area contributed by atoms with E-state index in [0.29, 0.717) is 6.42 Å². The average Bonchev–Trinajstić information content (AvgIpc) is 2.42. The largest absolute Gasteiger partial charge is 0.480 e.